The van der Waals surface area contributed by atoms with E-state index in [2.05, 4.69) is 13.8 Å². The van der Waals surface area contributed by atoms with Crippen LogP contribution >= 0.6 is 11.6 Å². The minimum atomic E-state index is -0.309. The van der Waals surface area contributed by atoms with Crippen LogP contribution in [0.3, 0.4) is 0 Å². The molecular formula is C19H35ClO4. The Labute approximate surface area is 152 Å². The first-order chi connectivity index (χ1) is 11.6. The lowest BCUT2D eigenvalue weighted by Gasteiger charge is -2.16. The molecule has 0 bridgehead atoms. The summed E-state index contributed by atoms with van der Waals surface area (Å²) in [5, 5.41) is 0. The number of rotatable bonds is 16. The second kappa shape index (κ2) is 17.1. The third-order valence-corrected chi connectivity index (χ3v) is 4.11. The third-order valence-electron chi connectivity index (χ3n) is 3.84. The van der Waals surface area contributed by atoms with Crippen molar-refractivity contribution in [2.75, 3.05) is 12.5 Å². The summed E-state index contributed by atoms with van der Waals surface area (Å²) in [6.45, 7) is 4.59. The molecule has 0 aliphatic rings. The van der Waals surface area contributed by atoms with Gasteiger partial charge in [0.15, 0.2) is 0 Å². The summed E-state index contributed by atoms with van der Waals surface area (Å²) < 4.78 is 10.6. The third kappa shape index (κ3) is 14.8. The molecule has 0 aliphatic carbocycles. The number of hydrogen-bond donors (Lipinski definition) is 0. The number of carbonyl (C=O) groups is 2. The predicted molar refractivity (Wildman–Crippen MR) is 98.3 cm³/mol. The van der Waals surface area contributed by atoms with E-state index in [1.165, 1.54) is 12.8 Å². The van der Waals surface area contributed by atoms with E-state index < -0.39 is 0 Å². The van der Waals surface area contributed by atoms with Crippen molar-refractivity contribution < 1.29 is 19.1 Å². The molecule has 0 saturated heterocycles. The number of hydrogen-bond acceptors (Lipinski definition) is 4. The minimum absolute atomic E-state index is 0.0117. The Kier molecular flexibility index (Phi) is 16.5. The van der Waals surface area contributed by atoms with E-state index in [4.69, 9.17) is 21.1 Å². The molecule has 142 valence electrons. The highest BCUT2D eigenvalue weighted by molar-refractivity contribution is 6.17. The fraction of sp³-hybridized carbons (Fsp3) is 0.895. The summed E-state index contributed by atoms with van der Waals surface area (Å²) in [7, 11) is 0. The van der Waals surface area contributed by atoms with Crippen LogP contribution in [0.5, 0.6) is 0 Å². The number of halogens is 1. The van der Waals surface area contributed by atoms with Crippen LogP contribution in [-0.2, 0) is 19.1 Å². The average molecular weight is 363 g/mol. The molecular weight excluding hydrogens is 328 g/mol. The largest absolute Gasteiger partial charge is 0.466 e. The number of unbranched alkanes of at least 4 members (excludes halogenated alkanes) is 5. The van der Waals surface area contributed by atoms with Gasteiger partial charge in [0, 0.05) is 5.88 Å². The predicted octanol–water partition coefficient (Wildman–Crippen LogP) is 5.40. The molecule has 24 heavy (non-hydrogen) atoms. The first-order valence-electron chi connectivity index (χ1n) is 9.55. The molecule has 0 N–H and O–H groups in total. The highest BCUT2D eigenvalue weighted by Crippen LogP contribution is 2.11. The zero-order valence-electron chi connectivity index (χ0n) is 15.5. The Hall–Kier alpha value is -0.770. The quantitative estimate of drug-likeness (QED) is 0.209. The summed E-state index contributed by atoms with van der Waals surface area (Å²) >= 11 is 5.62. The Bertz CT molecular complexity index is 314. The van der Waals surface area contributed by atoms with E-state index in [9.17, 15) is 9.59 Å². The van der Waals surface area contributed by atoms with Gasteiger partial charge >= 0.3 is 11.9 Å². The van der Waals surface area contributed by atoms with Gasteiger partial charge in [0.2, 0.25) is 0 Å². The van der Waals surface area contributed by atoms with Gasteiger partial charge in [-0.2, -0.15) is 0 Å². The highest BCUT2D eigenvalue weighted by atomic mass is 35.5. The number of esters is 2. The van der Waals surface area contributed by atoms with Gasteiger partial charge in [0.25, 0.3) is 0 Å². The molecule has 0 rings (SSSR count). The van der Waals surface area contributed by atoms with E-state index in [0.717, 1.165) is 57.2 Å². The zero-order valence-corrected chi connectivity index (χ0v) is 16.2. The van der Waals surface area contributed by atoms with Gasteiger partial charge in [-0.25, -0.2) is 0 Å². The average Bonchev–Trinajstić information content (AvgIpc) is 2.56. The second-order valence-corrected chi connectivity index (χ2v) is 6.60. The molecule has 0 aromatic heterocycles. The molecule has 5 heteroatoms. The maximum Gasteiger partial charge on any atom is 0.306 e. The maximum atomic E-state index is 11.8. The van der Waals surface area contributed by atoms with Crippen molar-refractivity contribution in [2.24, 2.45) is 0 Å². The molecule has 0 aromatic carbocycles. The van der Waals surface area contributed by atoms with Crippen molar-refractivity contribution in [3.05, 3.63) is 0 Å². The van der Waals surface area contributed by atoms with Gasteiger partial charge in [-0.05, 0) is 25.7 Å². The van der Waals surface area contributed by atoms with Crippen molar-refractivity contribution in [1.82, 2.24) is 0 Å². The van der Waals surface area contributed by atoms with Crippen molar-refractivity contribution in [2.45, 2.75) is 97.0 Å². The maximum absolute atomic E-state index is 11.8. The zero-order chi connectivity index (χ0) is 18.0. The monoisotopic (exact) mass is 362 g/mol. The summed E-state index contributed by atoms with van der Waals surface area (Å²) in [5.41, 5.74) is 0. The van der Waals surface area contributed by atoms with Crippen molar-refractivity contribution >= 4 is 23.5 Å². The van der Waals surface area contributed by atoms with E-state index >= 15 is 0 Å². The van der Waals surface area contributed by atoms with Gasteiger partial charge in [0.05, 0.1) is 19.4 Å². The van der Waals surface area contributed by atoms with Crippen molar-refractivity contribution in [3.8, 4) is 0 Å². The van der Waals surface area contributed by atoms with E-state index in [0.29, 0.717) is 6.61 Å². The van der Waals surface area contributed by atoms with Crippen LogP contribution in [0.15, 0.2) is 0 Å². The van der Waals surface area contributed by atoms with Crippen molar-refractivity contribution in [1.29, 1.82) is 0 Å². The van der Waals surface area contributed by atoms with Crippen LogP contribution in [0.25, 0.3) is 0 Å². The number of ether oxygens (including phenoxy) is 2. The molecule has 4 nitrogen and oxygen atoms in total. The van der Waals surface area contributed by atoms with Crippen LogP contribution in [0, 0.1) is 0 Å². The number of alkyl halides is 1. The van der Waals surface area contributed by atoms with E-state index in [1.54, 1.807) is 0 Å². The Morgan fingerprint density at radius 1 is 0.833 bits per heavy atom. The molecule has 0 aliphatic heterocycles. The lowest BCUT2D eigenvalue weighted by atomic mass is 10.1. The molecule has 0 unspecified atom stereocenters. The lowest BCUT2D eigenvalue weighted by molar-refractivity contribution is -0.154. The molecule has 0 amide bonds. The Balaban J connectivity index is 3.61. The molecule has 0 atom stereocenters. The summed E-state index contributed by atoms with van der Waals surface area (Å²) in [6.07, 6.45) is 10.5. The second-order valence-electron chi connectivity index (χ2n) is 6.22. The minimum Gasteiger partial charge on any atom is -0.466 e. The summed E-state index contributed by atoms with van der Waals surface area (Å²) in [5.74, 6) is 0.132. The fourth-order valence-electron chi connectivity index (χ4n) is 2.52. The molecule has 0 aromatic rings. The van der Waals surface area contributed by atoms with Crippen LogP contribution < -0.4 is 0 Å². The summed E-state index contributed by atoms with van der Waals surface area (Å²) in [4.78, 5) is 23.4. The SMILES string of the molecule is CCCC(CCC)OC(=O)CCC(=O)OCCCCCCCCCl. The molecule has 0 saturated carbocycles. The van der Waals surface area contributed by atoms with Crippen molar-refractivity contribution in [3.63, 3.8) is 0 Å². The van der Waals surface area contributed by atoms with Gasteiger partial charge in [-0.3, -0.25) is 9.59 Å². The lowest BCUT2D eigenvalue weighted by Crippen LogP contribution is -2.19. The van der Waals surface area contributed by atoms with E-state index in [-0.39, 0.29) is 30.9 Å². The smallest absolute Gasteiger partial charge is 0.306 e. The van der Waals surface area contributed by atoms with Gasteiger partial charge in [0.1, 0.15) is 6.10 Å². The number of carbonyl (C=O) groups excluding carboxylic acids is 2. The highest BCUT2D eigenvalue weighted by Gasteiger charge is 2.14. The van der Waals surface area contributed by atoms with Gasteiger partial charge < -0.3 is 9.47 Å². The first-order valence-corrected chi connectivity index (χ1v) is 10.1. The van der Waals surface area contributed by atoms with Gasteiger partial charge in [-0.15, -0.1) is 11.6 Å². The normalized spacial score (nSPS) is 10.8. The van der Waals surface area contributed by atoms with Gasteiger partial charge in [-0.1, -0.05) is 52.4 Å². The topological polar surface area (TPSA) is 52.6 Å². The fourth-order valence-corrected chi connectivity index (χ4v) is 2.71. The van der Waals surface area contributed by atoms with Crippen LogP contribution in [0.2, 0.25) is 0 Å². The molecule has 0 radical (unpaired) electrons. The molecule has 0 fully saturated rings. The molecule has 0 heterocycles. The Morgan fingerprint density at radius 3 is 1.96 bits per heavy atom. The van der Waals surface area contributed by atoms with Crippen LogP contribution in [-0.4, -0.2) is 30.5 Å². The van der Waals surface area contributed by atoms with Crippen LogP contribution in [0.1, 0.15) is 90.9 Å². The van der Waals surface area contributed by atoms with E-state index in [1.807, 2.05) is 0 Å². The summed E-state index contributed by atoms with van der Waals surface area (Å²) in [6, 6.07) is 0. The molecule has 0 spiro atoms. The Morgan fingerprint density at radius 2 is 1.38 bits per heavy atom. The van der Waals surface area contributed by atoms with Crippen LogP contribution in [0.4, 0.5) is 0 Å². The standard InChI is InChI=1S/C19H35ClO4/c1-3-11-17(12-4-2)24-19(22)14-13-18(21)23-16-10-8-6-5-7-9-15-20/h17H,3-16H2,1-2H3. The first kappa shape index (κ1) is 23.2.